The van der Waals surface area contributed by atoms with Gasteiger partial charge in [-0.25, -0.2) is 8.42 Å². The van der Waals surface area contributed by atoms with Crippen LogP contribution in [-0.2, 0) is 23.1 Å². The van der Waals surface area contributed by atoms with Gasteiger partial charge >= 0.3 is 0 Å². The number of nitrogens with zero attached hydrogens (tertiary/aromatic N) is 3. The van der Waals surface area contributed by atoms with Gasteiger partial charge in [-0.2, -0.15) is 13.1 Å². The van der Waals surface area contributed by atoms with Crippen molar-refractivity contribution in [3.8, 4) is 5.75 Å². The van der Waals surface area contributed by atoms with Crippen LogP contribution in [0.2, 0.25) is 0 Å². The van der Waals surface area contributed by atoms with Crippen molar-refractivity contribution >= 4 is 55.0 Å². The van der Waals surface area contributed by atoms with Gasteiger partial charge in [-0.15, -0.1) is 11.3 Å². The lowest BCUT2D eigenvalue weighted by Crippen LogP contribution is -2.33. The fraction of sp³-hybridized carbons (Fsp3) is 0.174. The summed E-state index contributed by atoms with van der Waals surface area (Å²) in [5, 5.41) is 2.68. The SMILES string of the molecule is COc1ccc2cc(CN(Cc3cccs3)S(=O)(=O)c3c(C)ccc4nsnc34)c(=O)[nH]c2c1. The zero-order chi connectivity index (χ0) is 23.9. The molecule has 11 heteroatoms. The largest absolute Gasteiger partial charge is 0.497 e. The third kappa shape index (κ3) is 4.11. The van der Waals surface area contributed by atoms with E-state index in [-0.39, 0.29) is 23.5 Å². The Kier molecular flexibility index (Phi) is 5.94. The quantitative estimate of drug-likeness (QED) is 0.349. The fourth-order valence-corrected chi connectivity index (χ4v) is 6.99. The van der Waals surface area contributed by atoms with E-state index in [9.17, 15) is 13.2 Å². The van der Waals surface area contributed by atoms with E-state index in [4.69, 9.17) is 4.74 Å². The second kappa shape index (κ2) is 8.91. The molecule has 1 N–H and O–H groups in total. The second-order valence-electron chi connectivity index (χ2n) is 7.77. The molecule has 5 rings (SSSR count). The molecule has 5 aromatic rings. The van der Waals surface area contributed by atoms with E-state index >= 15 is 0 Å². The van der Waals surface area contributed by atoms with Crippen LogP contribution in [0.4, 0.5) is 0 Å². The summed E-state index contributed by atoms with van der Waals surface area (Å²) in [6.07, 6.45) is 0. The van der Waals surface area contributed by atoms with Gasteiger partial charge in [-0.05, 0) is 53.6 Å². The molecule has 0 aliphatic rings. The van der Waals surface area contributed by atoms with E-state index in [1.807, 2.05) is 23.6 Å². The van der Waals surface area contributed by atoms with Crippen molar-refractivity contribution in [1.29, 1.82) is 0 Å². The second-order valence-corrected chi connectivity index (χ2v) is 11.2. The van der Waals surface area contributed by atoms with Gasteiger partial charge in [-0.3, -0.25) is 4.79 Å². The maximum atomic E-state index is 14.0. The first-order chi connectivity index (χ1) is 16.4. The Morgan fingerprint density at radius 2 is 1.94 bits per heavy atom. The number of aryl methyl sites for hydroxylation is 1. The summed E-state index contributed by atoms with van der Waals surface area (Å²) in [6.45, 7) is 1.78. The molecule has 0 aliphatic heterocycles. The Bertz CT molecular complexity index is 1660. The molecule has 174 valence electrons. The molecule has 3 aromatic heterocycles. The third-order valence-electron chi connectivity index (χ3n) is 5.57. The monoisotopic (exact) mass is 512 g/mol. The lowest BCUT2D eigenvalue weighted by molar-refractivity contribution is 0.403. The summed E-state index contributed by atoms with van der Waals surface area (Å²) in [5.41, 5.74) is 2.07. The molecule has 0 fully saturated rings. The van der Waals surface area contributed by atoms with Crippen molar-refractivity contribution in [3.63, 3.8) is 0 Å². The zero-order valence-electron chi connectivity index (χ0n) is 18.3. The van der Waals surface area contributed by atoms with E-state index < -0.39 is 10.0 Å². The van der Waals surface area contributed by atoms with Crippen LogP contribution >= 0.6 is 23.1 Å². The smallest absolute Gasteiger partial charge is 0.252 e. The normalized spacial score (nSPS) is 12.1. The van der Waals surface area contributed by atoms with Crippen LogP contribution in [-0.4, -0.2) is 33.6 Å². The number of pyridine rings is 1. The van der Waals surface area contributed by atoms with Crippen LogP contribution in [0.5, 0.6) is 5.75 Å². The Morgan fingerprint density at radius 1 is 1.09 bits per heavy atom. The summed E-state index contributed by atoms with van der Waals surface area (Å²) in [6, 6.07) is 14.3. The van der Waals surface area contributed by atoms with Crippen molar-refractivity contribution in [2.75, 3.05) is 7.11 Å². The Morgan fingerprint density at radius 3 is 2.71 bits per heavy atom. The summed E-state index contributed by atoms with van der Waals surface area (Å²) >= 11 is 2.44. The number of hydrogen-bond donors (Lipinski definition) is 1. The van der Waals surface area contributed by atoms with Crippen molar-refractivity contribution < 1.29 is 13.2 Å². The minimum atomic E-state index is -4.01. The van der Waals surface area contributed by atoms with Crippen LogP contribution in [0.25, 0.3) is 21.9 Å². The molecule has 0 atom stereocenters. The molecule has 0 radical (unpaired) electrons. The summed E-state index contributed by atoms with van der Waals surface area (Å²) in [5.74, 6) is 0.623. The van der Waals surface area contributed by atoms with Crippen molar-refractivity contribution in [2.24, 2.45) is 0 Å². The van der Waals surface area contributed by atoms with E-state index in [2.05, 4.69) is 13.7 Å². The molecule has 34 heavy (non-hydrogen) atoms. The number of nitrogens with one attached hydrogen (secondary N) is 1. The molecule has 0 saturated carbocycles. The van der Waals surface area contributed by atoms with Crippen LogP contribution < -0.4 is 10.3 Å². The summed E-state index contributed by atoms with van der Waals surface area (Å²) < 4.78 is 43.0. The molecule has 8 nitrogen and oxygen atoms in total. The number of thiophene rings is 1. The number of rotatable bonds is 7. The third-order valence-corrected chi connectivity index (χ3v) is 8.94. The van der Waals surface area contributed by atoms with Crippen LogP contribution in [0.3, 0.4) is 0 Å². The highest BCUT2D eigenvalue weighted by molar-refractivity contribution is 7.89. The molecule has 0 saturated heterocycles. The molecular formula is C23H20N4O4S3. The molecular weight excluding hydrogens is 492 g/mol. The predicted octanol–water partition coefficient (Wildman–Crippen LogP) is 4.30. The minimum absolute atomic E-state index is 0.0923. The molecule has 0 bridgehead atoms. The molecule has 0 amide bonds. The van der Waals surface area contributed by atoms with Gasteiger partial charge < -0.3 is 9.72 Å². The summed E-state index contributed by atoms with van der Waals surface area (Å²) in [7, 11) is -2.45. The molecule has 0 spiro atoms. The Labute approximate surface area is 203 Å². The minimum Gasteiger partial charge on any atom is -0.497 e. The Balaban J connectivity index is 1.62. The van der Waals surface area contributed by atoms with Gasteiger partial charge in [0, 0.05) is 29.6 Å². The number of aromatic nitrogens is 3. The number of hydrogen-bond acceptors (Lipinski definition) is 8. The molecule has 0 aliphatic carbocycles. The Hall–Kier alpha value is -3.12. The van der Waals surface area contributed by atoms with Gasteiger partial charge in [0.05, 0.1) is 24.4 Å². The van der Waals surface area contributed by atoms with Gasteiger partial charge in [0.25, 0.3) is 5.56 Å². The predicted molar refractivity (Wildman–Crippen MR) is 134 cm³/mol. The highest BCUT2D eigenvalue weighted by Crippen LogP contribution is 2.30. The fourth-order valence-electron chi connectivity index (χ4n) is 3.85. The number of methoxy groups -OCH3 is 1. The van der Waals surface area contributed by atoms with E-state index in [1.54, 1.807) is 44.4 Å². The number of ether oxygens (including phenoxy) is 1. The molecule has 3 heterocycles. The van der Waals surface area contributed by atoms with E-state index in [1.165, 1.54) is 15.6 Å². The van der Waals surface area contributed by atoms with Crippen LogP contribution in [0, 0.1) is 6.92 Å². The van der Waals surface area contributed by atoms with Crippen LogP contribution in [0.15, 0.2) is 63.6 Å². The highest BCUT2D eigenvalue weighted by atomic mass is 32.2. The number of fused-ring (bicyclic) bond motifs is 2. The van der Waals surface area contributed by atoms with Crippen LogP contribution in [0.1, 0.15) is 16.0 Å². The summed E-state index contributed by atoms with van der Waals surface area (Å²) in [4.78, 5) is 16.8. The number of sulfonamides is 1. The average Bonchev–Trinajstić information content (AvgIpc) is 3.50. The van der Waals surface area contributed by atoms with Gasteiger partial charge in [0.15, 0.2) is 0 Å². The van der Waals surface area contributed by atoms with Gasteiger partial charge in [0.2, 0.25) is 10.0 Å². The standard InChI is InChI=1S/C23H20N4O4S3/c1-14-5-8-19-21(26-33-25-19)22(14)34(29,30)27(13-18-4-3-9-32-18)12-16-10-15-6-7-17(31-2)11-20(15)24-23(16)28/h3-11H,12-13H2,1-2H3,(H,24,28). The average molecular weight is 513 g/mol. The number of H-pyrrole nitrogens is 1. The van der Waals surface area contributed by atoms with E-state index in [0.717, 1.165) is 22.0 Å². The highest BCUT2D eigenvalue weighted by Gasteiger charge is 2.31. The zero-order valence-corrected chi connectivity index (χ0v) is 20.8. The number of aromatic amines is 1. The topological polar surface area (TPSA) is 105 Å². The maximum Gasteiger partial charge on any atom is 0.252 e. The van der Waals surface area contributed by atoms with Gasteiger partial charge in [0.1, 0.15) is 21.7 Å². The van der Waals surface area contributed by atoms with Crippen molar-refractivity contribution in [2.45, 2.75) is 24.9 Å². The first-order valence-electron chi connectivity index (χ1n) is 10.3. The van der Waals surface area contributed by atoms with Crippen molar-refractivity contribution in [1.82, 2.24) is 18.0 Å². The lowest BCUT2D eigenvalue weighted by atomic mass is 10.1. The first kappa shape index (κ1) is 22.7. The van der Waals surface area contributed by atoms with E-state index in [0.29, 0.717) is 33.4 Å². The maximum absolute atomic E-state index is 14.0. The molecule has 2 aromatic carbocycles. The van der Waals surface area contributed by atoms with Gasteiger partial charge in [-0.1, -0.05) is 12.1 Å². The number of benzene rings is 2. The molecule has 0 unspecified atom stereocenters. The first-order valence-corrected chi connectivity index (χ1v) is 13.4. The lowest BCUT2D eigenvalue weighted by Gasteiger charge is -2.23. The van der Waals surface area contributed by atoms with Crippen molar-refractivity contribution in [3.05, 3.63) is 80.3 Å².